The molecular formula is C23H13FN2O6. The fraction of sp³-hybridized carbons (Fsp3) is 0. The third kappa shape index (κ3) is 4.57. The van der Waals surface area contributed by atoms with E-state index >= 15 is 0 Å². The molecule has 9 heteroatoms. The predicted octanol–water partition coefficient (Wildman–Crippen LogP) is 4.30. The topological polar surface area (TPSA) is 108 Å². The summed E-state index contributed by atoms with van der Waals surface area (Å²) in [4.78, 5) is 38.9. The number of nitro groups is 1. The van der Waals surface area contributed by atoms with Gasteiger partial charge in [0.1, 0.15) is 11.6 Å². The highest BCUT2D eigenvalue weighted by Crippen LogP contribution is 2.23. The number of ether oxygens (including phenoxy) is 2. The fourth-order valence-corrected chi connectivity index (χ4v) is 2.89. The molecule has 1 aliphatic rings. The van der Waals surface area contributed by atoms with Crippen LogP contribution in [0.15, 0.2) is 83.5 Å². The second-order valence-corrected chi connectivity index (χ2v) is 6.62. The second kappa shape index (κ2) is 8.60. The molecule has 0 aliphatic carbocycles. The summed E-state index contributed by atoms with van der Waals surface area (Å²) in [5.41, 5.74) is 0.592. The molecule has 0 fully saturated rings. The van der Waals surface area contributed by atoms with Crippen LogP contribution in [0.3, 0.4) is 0 Å². The Hall–Kier alpha value is -4.66. The Morgan fingerprint density at radius 2 is 1.84 bits per heavy atom. The Morgan fingerprint density at radius 1 is 1.06 bits per heavy atom. The molecule has 0 unspecified atom stereocenters. The minimum atomic E-state index is -0.773. The maximum atomic E-state index is 13.4. The van der Waals surface area contributed by atoms with E-state index in [1.54, 1.807) is 18.2 Å². The van der Waals surface area contributed by atoms with Crippen LogP contribution in [0.1, 0.15) is 21.5 Å². The van der Waals surface area contributed by atoms with Crippen LogP contribution >= 0.6 is 0 Å². The van der Waals surface area contributed by atoms with Gasteiger partial charge in [-0.15, -0.1) is 0 Å². The number of aliphatic imine (C=N–C) groups is 1. The van der Waals surface area contributed by atoms with E-state index in [1.165, 1.54) is 54.6 Å². The van der Waals surface area contributed by atoms with E-state index in [0.717, 1.165) is 6.07 Å². The van der Waals surface area contributed by atoms with Crippen molar-refractivity contribution in [3.8, 4) is 5.75 Å². The molecule has 158 valence electrons. The summed E-state index contributed by atoms with van der Waals surface area (Å²) < 4.78 is 23.8. The van der Waals surface area contributed by atoms with Gasteiger partial charge in [-0.3, -0.25) is 10.1 Å². The molecule has 1 aliphatic heterocycles. The summed E-state index contributed by atoms with van der Waals surface area (Å²) in [5.74, 6) is -1.82. The molecular weight excluding hydrogens is 419 g/mol. The Balaban J connectivity index is 1.55. The van der Waals surface area contributed by atoms with Crippen LogP contribution in [-0.4, -0.2) is 22.8 Å². The largest absolute Gasteiger partial charge is 0.423 e. The lowest BCUT2D eigenvalue weighted by atomic mass is 10.1. The van der Waals surface area contributed by atoms with Crippen molar-refractivity contribution in [3.63, 3.8) is 0 Å². The molecule has 0 saturated heterocycles. The standard InChI is InChI=1S/C23H13FN2O6/c24-17-7-2-5-15(12-17)21-25-20(23(28)32-21)11-14-4-1-9-19(10-14)31-22(27)16-6-3-8-18(13-16)26(29)30/h1-13H/b20-11+. The van der Waals surface area contributed by atoms with Crippen LogP contribution in [0.25, 0.3) is 6.08 Å². The van der Waals surface area contributed by atoms with E-state index in [2.05, 4.69) is 4.99 Å². The first kappa shape index (κ1) is 20.6. The van der Waals surface area contributed by atoms with Crippen LogP contribution in [0, 0.1) is 15.9 Å². The SMILES string of the molecule is O=C1OC(c2cccc(F)c2)=N/C1=C/c1cccc(OC(=O)c2cccc([N+](=O)[O-])c2)c1. The fourth-order valence-electron chi connectivity index (χ4n) is 2.89. The maximum Gasteiger partial charge on any atom is 0.363 e. The third-order valence-electron chi connectivity index (χ3n) is 4.36. The Bertz CT molecular complexity index is 1320. The Morgan fingerprint density at radius 3 is 2.62 bits per heavy atom. The number of rotatable bonds is 5. The van der Waals surface area contributed by atoms with Crippen LogP contribution in [0.4, 0.5) is 10.1 Å². The van der Waals surface area contributed by atoms with Gasteiger partial charge < -0.3 is 9.47 Å². The normalized spacial score (nSPS) is 14.1. The number of carbonyl (C=O) groups is 2. The zero-order valence-corrected chi connectivity index (χ0v) is 16.2. The van der Waals surface area contributed by atoms with Gasteiger partial charge in [0.2, 0.25) is 5.90 Å². The first-order valence-corrected chi connectivity index (χ1v) is 9.24. The van der Waals surface area contributed by atoms with E-state index in [-0.39, 0.29) is 28.6 Å². The molecule has 0 atom stereocenters. The monoisotopic (exact) mass is 432 g/mol. The van der Waals surface area contributed by atoms with Crippen molar-refractivity contribution in [1.82, 2.24) is 0 Å². The third-order valence-corrected chi connectivity index (χ3v) is 4.36. The van der Waals surface area contributed by atoms with Crippen molar-refractivity contribution in [1.29, 1.82) is 0 Å². The molecule has 1 heterocycles. The smallest absolute Gasteiger partial charge is 0.363 e. The number of nitro benzene ring substituents is 1. The lowest BCUT2D eigenvalue weighted by Crippen LogP contribution is -2.08. The molecule has 0 spiro atoms. The molecule has 0 saturated carbocycles. The molecule has 4 rings (SSSR count). The molecule has 0 bridgehead atoms. The molecule has 32 heavy (non-hydrogen) atoms. The van der Waals surface area contributed by atoms with Gasteiger partial charge in [-0.25, -0.2) is 19.0 Å². The van der Waals surface area contributed by atoms with Crippen molar-refractivity contribution < 1.29 is 28.4 Å². The van der Waals surface area contributed by atoms with Gasteiger partial charge in [0.05, 0.1) is 10.5 Å². The van der Waals surface area contributed by atoms with Crippen molar-refractivity contribution in [2.75, 3.05) is 0 Å². The molecule has 0 amide bonds. The predicted molar refractivity (Wildman–Crippen MR) is 112 cm³/mol. The van der Waals surface area contributed by atoms with Gasteiger partial charge >= 0.3 is 11.9 Å². The van der Waals surface area contributed by atoms with Crippen LogP contribution in [-0.2, 0) is 9.53 Å². The minimum Gasteiger partial charge on any atom is -0.423 e. The van der Waals surface area contributed by atoms with Gasteiger partial charge in [0.25, 0.3) is 5.69 Å². The van der Waals surface area contributed by atoms with Crippen LogP contribution < -0.4 is 4.74 Å². The summed E-state index contributed by atoms with van der Waals surface area (Å²) in [6.07, 6.45) is 1.43. The molecule has 3 aromatic rings. The maximum absolute atomic E-state index is 13.4. The molecule has 0 N–H and O–H groups in total. The molecule has 0 radical (unpaired) electrons. The lowest BCUT2D eigenvalue weighted by molar-refractivity contribution is -0.384. The first-order chi connectivity index (χ1) is 15.4. The summed E-state index contributed by atoms with van der Waals surface area (Å²) >= 11 is 0. The lowest BCUT2D eigenvalue weighted by Gasteiger charge is -2.05. The minimum absolute atomic E-state index is 0.00794. The number of halogens is 1. The zero-order valence-electron chi connectivity index (χ0n) is 16.2. The van der Waals surface area contributed by atoms with Gasteiger partial charge in [0, 0.05) is 17.7 Å². The summed E-state index contributed by atoms with van der Waals surface area (Å²) in [6.45, 7) is 0. The average Bonchev–Trinajstić information content (AvgIpc) is 3.14. The van der Waals surface area contributed by atoms with E-state index in [9.17, 15) is 24.1 Å². The molecule has 3 aromatic carbocycles. The van der Waals surface area contributed by atoms with Gasteiger partial charge in [-0.05, 0) is 48.0 Å². The number of nitrogens with zero attached hydrogens (tertiary/aromatic N) is 2. The molecule has 0 aromatic heterocycles. The first-order valence-electron chi connectivity index (χ1n) is 9.24. The van der Waals surface area contributed by atoms with Crippen molar-refractivity contribution in [2.24, 2.45) is 4.99 Å². The number of carbonyl (C=O) groups excluding carboxylic acids is 2. The number of non-ortho nitro benzene ring substituents is 1. The van der Waals surface area contributed by atoms with E-state index in [4.69, 9.17) is 9.47 Å². The van der Waals surface area contributed by atoms with E-state index in [0.29, 0.717) is 11.1 Å². The van der Waals surface area contributed by atoms with Crippen LogP contribution in [0.2, 0.25) is 0 Å². The van der Waals surface area contributed by atoms with Gasteiger partial charge in [0.15, 0.2) is 5.70 Å². The highest BCUT2D eigenvalue weighted by molar-refractivity contribution is 6.12. The van der Waals surface area contributed by atoms with Crippen molar-refractivity contribution in [3.05, 3.63) is 111 Å². The second-order valence-electron chi connectivity index (χ2n) is 6.62. The van der Waals surface area contributed by atoms with Crippen molar-refractivity contribution >= 4 is 29.6 Å². The zero-order chi connectivity index (χ0) is 22.7. The number of hydrogen-bond acceptors (Lipinski definition) is 7. The Labute approximate surface area is 180 Å². The Kier molecular flexibility index (Phi) is 5.54. The highest BCUT2D eigenvalue weighted by atomic mass is 19.1. The summed E-state index contributed by atoms with van der Waals surface area (Å²) in [6, 6.07) is 16.9. The average molecular weight is 432 g/mol. The summed E-state index contributed by atoms with van der Waals surface area (Å²) in [5, 5.41) is 10.9. The van der Waals surface area contributed by atoms with E-state index < -0.39 is 22.7 Å². The van der Waals surface area contributed by atoms with Gasteiger partial charge in [-0.1, -0.05) is 24.3 Å². The molecule has 8 nitrogen and oxygen atoms in total. The number of benzene rings is 3. The van der Waals surface area contributed by atoms with Crippen molar-refractivity contribution in [2.45, 2.75) is 0 Å². The van der Waals surface area contributed by atoms with Gasteiger partial charge in [-0.2, -0.15) is 0 Å². The van der Waals surface area contributed by atoms with Crippen LogP contribution in [0.5, 0.6) is 5.75 Å². The number of cyclic esters (lactones) is 1. The quantitative estimate of drug-likeness (QED) is 0.196. The number of esters is 2. The highest BCUT2D eigenvalue weighted by Gasteiger charge is 2.24. The number of hydrogen-bond donors (Lipinski definition) is 0. The van der Waals surface area contributed by atoms with E-state index in [1.807, 2.05) is 0 Å². The summed E-state index contributed by atoms with van der Waals surface area (Å²) in [7, 11) is 0.